The Hall–Kier alpha value is -1.42. The zero-order chi connectivity index (χ0) is 12.5. The molecule has 1 saturated carbocycles. The third-order valence-corrected chi connectivity index (χ3v) is 3.32. The SMILES string of the molecule is COc1ccc(F)cc1C(=O)CC1(N)CCC1. The average molecular weight is 237 g/mol. The van der Waals surface area contributed by atoms with E-state index in [1.54, 1.807) is 0 Å². The molecule has 0 radical (unpaired) electrons. The van der Waals surface area contributed by atoms with Crippen LogP contribution in [-0.2, 0) is 0 Å². The fraction of sp³-hybridized carbons (Fsp3) is 0.462. The Morgan fingerprint density at radius 3 is 2.76 bits per heavy atom. The highest BCUT2D eigenvalue weighted by atomic mass is 19.1. The summed E-state index contributed by atoms with van der Waals surface area (Å²) in [6, 6.07) is 3.95. The lowest BCUT2D eigenvalue weighted by molar-refractivity contribution is 0.0909. The van der Waals surface area contributed by atoms with Crippen molar-refractivity contribution in [2.24, 2.45) is 5.73 Å². The fourth-order valence-electron chi connectivity index (χ4n) is 2.12. The number of ether oxygens (including phenoxy) is 1. The van der Waals surface area contributed by atoms with E-state index in [0.717, 1.165) is 19.3 Å². The highest BCUT2D eigenvalue weighted by Crippen LogP contribution is 2.34. The van der Waals surface area contributed by atoms with Crippen molar-refractivity contribution in [1.29, 1.82) is 0 Å². The van der Waals surface area contributed by atoms with Gasteiger partial charge in [-0.2, -0.15) is 0 Å². The lowest BCUT2D eigenvalue weighted by Crippen LogP contribution is -2.48. The Kier molecular flexibility index (Phi) is 3.15. The van der Waals surface area contributed by atoms with E-state index in [1.165, 1.54) is 25.3 Å². The van der Waals surface area contributed by atoms with E-state index >= 15 is 0 Å². The molecule has 0 aliphatic heterocycles. The first-order valence-corrected chi connectivity index (χ1v) is 5.70. The predicted molar refractivity (Wildman–Crippen MR) is 62.7 cm³/mol. The summed E-state index contributed by atoms with van der Waals surface area (Å²) in [7, 11) is 1.46. The summed E-state index contributed by atoms with van der Waals surface area (Å²) in [6.45, 7) is 0. The summed E-state index contributed by atoms with van der Waals surface area (Å²) in [4.78, 5) is 12.1. The van der Waals surface area contributed by atoms with Crippen LogP contribution in [0.2, 0.25) is 0 Å². The molecule has 0 atom stereocenters. The van der Waals surface area contributed by atoms with Crippen LogP contribution >= 0.6 is 0 Å². The normalized spacial score (nSPS) is 17.4. The van der Waals surface area contributed by atoms with E-state index in [-0.39, 0.29) is 17.8 Å². The topological polar surface area (TPSA) is 52.3 Å². The number of Topliss-reactive ketones (excluding diaryl/α,β-unsaturated/α-hetero) is 1. The van der Waals surface area contributed by atoms with Gasteiger partial charge < -0.3 is 10.5 Å². The molecular formula is C13H16FNO2. The lowest BCUT2D eigenvalue weighted by Gasteiger charge is -2.37. The van der Waals surface area contributed by atoms with Crippen LogP contribution < -0.4 is 10.5 Å². The van der Waals surface area contributed by atoms with Gasteiger partial charge in [-0.25, -0.2) is 4.39 Å². The van der Waals surface area contributed by atoms with Crippen molar-refractivity contribution in [2.45, 2.75) is 31.2 Å². The van der Waals surface area contributed by atoms with Crippen LogP contribution in [0.3, 0.4) is 0 Å². The molecule has 17 heavy (non-hydrogen) atoms. The molecule has 92 valence electrons. The van der Waals surface area contributed by atoms with Crippen molar-refractivity contribution in [3.63, 3.8) is 0 Å². The minimum Gasteiger partial charge on any atom is -0.496 e. The molecule has 0 saturated heterocycles. The molecule has 1 aliphatic carbocycles. The van der Waals surface area contributed by atoms with Crippen molar-refractivity contribution >= 4 is 5.78 Å². The Morgan fingerprint density at radius 2 is 2.24 bits per heavy atom. The Labute approximate surface area is 99.8 Å². The van der Waals surface area contributed by atoms with E-state index in [1.807, 2.05) is 0 Å². The van der Waals surface area contributed by atoms with Crippen LogP contribution in [0.4, 0.5) is 4.39 Å². The largest absolute Gasteiger partial charge is 0.496 e. The maximum atomic E-state index is 13.1. The van der Waals surface area contributed by atoms with E-state index in [9.17, 15) is 9.18 Å². The zero-order valence-corrected chi connectivity index (χ0v) is 9.83. The van der Waals surface area contributed by atoms with Crippen molar-refractivity contribution in [2.75, 3.05) is 7.11 Å². The standard InChI is InChI=1S/C13H16FNO2/c1-17-12-4-3-9(14)7-10(12)11(16)8-13(15)5-2-6-13/h3-4,7H,2,5-6,8,15H2,1H3. The molecule has 2 N–H and O–H groups in total. The highest BCUT2D eigenvalue weighted by molar-refractivity contribution is 5.99. The minimum atomic E-state index is -0.436. The average Bonchev–Trinajstić information content (AvgIpc) is 2.26. The summed E-state index contributed by atoms with van der Waals surface area (Å²) in [6.07, 6.45) is 3.03. The van der Waals surface area contributed by atoms with Crippen LogP contribution in [0.15, 0.2) is 18.2 Å². The van der Waals surface area contributed by atoms with Gasteiger partial charge in [0.2, 0.25) is 0 Å². The van der Waals surface area contributed by atoms with Crippen LogP contribution in [0, 0.1) is 5.82 Å². The number of methoxy groups -OCH3 is 1. The zero-order valence-electron chi connectivity index (χ0n) is 9.83. The second-order valence-electron chi connectivity index (χ2n) is 4.66. The molecule has 3 nitrogen and oxygen atoms in total. The number of ketones is 1. The molecule has 0 unspecified atom stereocenters. The third-order valence-electron chi connectivity index (χ3n) is 3.32. The van der Waals surface area contributed by atoms with Gasteiger partial charge in [0.25, 0.3) is 0 Å². The third kappa shape index (κ3) is 2.47. The second-order valence-corrected chi connectivity index (χ2v) is 4.66. The summed E-state index contributed by atoms with van der Waals surface area (Å²) in [5, 5.41) is 0. The molecule has 0 aromatic heterocycles. The predicted octanol–water partition coefficient (Wildman–Crippen LogP) is 2.29. The molecule has 0 spiro atoms. The molecule has 4 heteroatoms. The quantitative estimate of drug-likeness (QED) is 0.817. The van der Waals surface area contributed by atoms with Gasteiger partial charge in [0.1, 0.15) is 11.6 Å². The number of benzene rings is 1. The van der Waals surface area contributed by atoms with Crippen LogP contribution in [0.25, 0.3) is 0 Å². The molecule has 1 aromatic carbocycles. The number of carbonyl (C=O) groups excluding carboxylic acids is 1. The molecule has 0 amide bonds. The van der Waals surface area contributed by atoms with Gasteiger partial charge in [0, 0.05) is 12.0 Å². The Morgan fingerprint density at radius 1 is 1.53 bits per heavy atom. The van der Waals surface area contributed by atoms with E-state index in [0.29, 0.717) is 5.75 Å². The molecule has 0 bridgehead atoms. The molecule has 1 aromatic rings. The number of carbonyl (C=O) groups is 1. The van der Waals surface area contributed by atoms with Gasteiger partial charge in [-0.1, -0.05) is 0 Å². The van der Waals surface area contributed by atoms with Crippen molar-refractivity contribution in [3.05, 3.63) is 29.6 Å². The molecule has 1 fully saturated rings. The molecule has 2 rings (SSSR count). The van der Waals surface area contributed by atoms with Crippen molar-refractivity contribution < 1.29 is 13.9 Å². The number of rotatable bonds is 4. The Balaban J connectivity index is 2.20. The first-order chi connectivity index (χ1) is 8.04. The molecule has 0 heterocycles. The lowest BCUT2D eigenvalue weighted by atomic mass is 9.74. The fourth-order valence-corrected chi connectivity index (χ4v) is 2.12. The van der Waals surface area contributed by atoms with Crippen LogP contribution in [-0.4, -0.2) is 18.4 Å². The maximum Gasteiger partial charge on any atom is 0.168 e. The van der Waals surface area contributed by atoms with Crippen LogP contribution in [0.1, 0.15) is 36.0 Å². The minimum absolute atomic E-state index is 0.149. The van der Waals surface area contributed by atoms with Gasteiger partial charge in [-0.05, 0) is 37.5 Å². The smallest absolute Gasteiger partial charge is 0.168 e. The van der Waals surface area contributed by atoms with E-state index in [4.69, 9.17) is 10.5 Å². The number of nitrogens with two attached hydrogens (primary N) is 1. The van der Waals surface area contributed by atoms with Gasteiger partial charge in [0.05, 0.1) is 12.7 Å². The van der Waals surface area contributed by atoms with E-state index in [2.05, 4.69) is 0 Å². The van der Waals surface area contributed by atoms with Gasteiger partial charge in [-0.15, -0.1) is 0 Å². The summed E-state index contributed by atoms with van der Waals surface area (Å²) >= 11 is 0. The summed E-state index contributed by atoms with van der Waals surface area (Å²) in [5.41, 5.74) is 5.90. The summed E-state index contributed by atoms with van der Waals surface area (Å²) in [5.74, 6) is -0.184. The van der Waals surface area contributed by atoms with Gasteiger partial charge in [-0.3, -0.25) is 4.79 Å². The number of halogens is 1. The van der Waals surface area contributed by atoms with Gasteiger partial charge >= 0.3 is 0 Å². The molecule has 1 aliphatic rings. The summed E-state index contributed by atoms with van der Waals surface area (Å²) < 4.78 is 18.2. The maximum absolute atomic E-state index is 13.1. The Bertz CT molecular complexity index is 441. The number of hydrogen-bond acceptors (Lipinski definition) is 3. The number of hydrogen-bond donors (Lipinski definition) is 1. The first-order valence-electron chi connectivity index (χ1n) is 5.70. The highest BCUT2D eigenvalue weighted by Gasteiger charge is 2.35. The van der Waals surface area contributed by atoms with E-state index < -0.39 is 11.4 Å². The molecular weight excluding hydrogens is 221 g/mol. The first kappa shape index (κ1) is 12.0. The van der Waals surface area contributed by atoms with Crippen molar-refractivity contribution in [3.8, 4) is 5.75 Å². The monoisotopic (exact) mass is 237 g/mol. The second kappa shape index (κ2) is 4.45. The van der Waals surface area contributed by atoms with Crippen molar-refractivity contribution in [1.82, 2.24) is 0 Å². The van der Waals surface area contributed by atoms with Gasteiger partial charge in [0.15, 0.2) is 5.78 Å². The van der Waals surface area contributed by atoms with Crippen LogP contribution in [0.5, 0.6) is 5.75 Å².